The van der Waals surface area contributed by atoms with Gasteiger partial charge in [0.1, 0.15) is 0 Å². The number of amides is 1. The molecule has 0 aromatic heterocycles. The number of piperidine rings is 1. The monoisotopic (exact) mass is 311 g/mol. The van der Waals surface area contributed by atoms with Crippen molar-refractivity contribution in [1.82, 2.24) is 4.90 Å². The lowest BCUT2D eigenvalue weighted by Crippen LogP contribution is -2.36. The molecule has 1 aromatic carbocycles. The Balaban J connectivity index is 1.75. The van der Waals surface area contributed by atoms with Gasteiger partial charge in [0.05, 0.1) is 11.4 Å². The molecule has 21 heavy (non-hydrogen) atoms. The summed E-state index contributed by atoms with van der Waals surface area (Å²) in [5, 5.41) is 12.5. The predicted molar refractivity (Wildman–Crippen MR) is 85.4 cm³/mol. The highest BCUT2D eigenvalue weighted by Crippen LogP contribution is 2.23. The van der Waals surface area contributed by atoms with Gasteiger partial charge in [0, 0.05) is 24.6 Å². The van der Waals surface area contributed by atoms with Crippen LogP contribution >= 0.6 is 11.6 Å². The summed E-state index contributed by atoms with van der Waals surface area (Å²) in [5.41, 5.74) is 6.88. The number of aliphatic hydroxyl groups is 1. The third kappa shape index (κ3) is 4.88. The molecule has 1 fully saturated rings. The number of benzene rings is 1. The smallest absolute Gasteiger partial charge is 0.225 e. The second kappa shape index (κ2) is 7.64. The Bertz CT molecular complexity index is 488. The normalized spacial score (nSPS) is 16.9. The molecule has 2 rings (SSSR count). The lowest BCUT2D eigenvalue weighted by atomic mass is 9.98. The number of hydrogen-bond acceptors (Lipinski definition) is 4. The quantitative estimate of drug-likeness (QED) is 0.726. The molecule has 1 aliphatic rings. The summed E-state index contributed by atoms with van der Waals surface area (Å²) < 4.78 is 0. The van der Waals surface area contributed by atoms with Crippen molar-refractivity contribution in [3.8, 4) is 0 Å². The first-order valence-electron chi connectivity index (χ1n) is 7.26. The first kappa shape index (κ1) is 16.1. The summed E-state index contributed by atoms with van der Waals surface area (Å²) in [7, 11) is 0. The van der Waals surface area contributed by atoms with E-state index in [1.807, 2.05) is 0 Å². The number of nitrogens with one attached hydrogen (secondary N) is 1. The van der Waals surface area contributed by atoms with Crippen LogP contribution in [0.25, 0.3) is 0 Å². The second-order valence-corrected chi connectivity index (χ2v) is 5.93. The first-order chi connectivity index (χ1) is 10.1. The Morgan fingerprint density at radius 2 is 2.14 bits per heavy atom. The van der Waals surface area contributed by atoms with Crippen molar-refractivity contribution < 1.29 is 9.90 Å². The lowest BCUT2D eigenvalue weighted by molar-refractivity contribution is -0.116. The Kier molecular flexibility index (Phi) is 5.85. The van der Waals surface area contributed by atoms with Crippen molar-refractivity contribution in [2.45, 2.75) is 19.3 Å². The van der Waals surface area contributed by atoms with Crippen LogP contribution in [-0.2, 0) is 4.79 Å². The molecule has 6 heteroatoms. The first-order valence-corrected chi connectivity index (χ1v) is 7.64. The molecule has 0 atom stereocenters. The summed E-state index contributed by atoms with van der Waals surface area (Å²) in [5.74, 6) is 0.372. The van der Waals surface area contributed by atoms with Crippen molar-refractivity contribution in [3.05, 3.63) is 23.2 Å². The SMILES string of the molecule is Nc1cc(Cl)ccc1NC(=O)CCN1CCC(CO)CC1. The molecule has 0 spiro atoms. The molecule has 1 saturated heterocycles. The van der Waals surface area contributed by atoms with Gasteiger partial charge in [-0.1, -0.05) is 11.6 Å². The minimum absolute atomic E-state index is 0.0479. The molecule has 1 aromatic rings. The molecule has 1 amide bonds. The van der Waals surface area contributed by atoms with Crippen LogP contribution < -0.4 is 11.1 Å². The highest BCUT2D eigenvalue weighted by molar-refractivity contribution is 6.31. The predicted octanol–water partition coefficient (Wildman–Crippen LogP) is 1.96. The van der Waals surface area contributed by atoms with Crippen LogP contribution in [0.5, 0.6) is 0 Å². The minimum Gasteiger partial charge on any atom is -0.397 e. The van der Waals surface area contributed by atoms with Crippen LogP contribution in [0.3, 0.4) is 0 Å². The fourth-order valence-electron chi connectivity index (χ4n) is 2.51. The molecule has 1 aliphatic heterocycles. The van der Waals surface area contributed by atoms with Crippen LogP contribution in [0.1, 0.15) is 19.3 Å². The molecular weight excluding hydrogens is 290 g/mol. The maximum atomic E-state index is 11.9. The van der Waals surface area contributed by atoms with Gasteiger partial charge in [-0.25, -0.2) is 0 Å². The van der Waals surface area contributed by atoms with Crippen molar-refractivity contribution in [1.29, 1.82) is 0 Å². The molecule has 0 bridgehead atoms. The third-order valence-corrected chi connectivity index (χ3v) is 4.14. The summed E-state index contributed by atoms with van der Waals surface area (Å²) >= 11 is 5.82. The average molecular weight is 312 g/mol. The highest BCUT2D eigenvalue weighted by atomic mass is 35.5. The lowest BCUT2D eigenvalue weighted by Gasteiger charge is -2.30. The van der Waals surface area contributed by atoms with E-state index in [1.165, 1.54) is 0 Å². The average Bonchev–Trinajstić information content (AvgIpc) is 2.48. The molecule has 0 unspecified atom stereocenters. The van der Waals surface area contributed by atoms with Gasteiger partial charge in [-0.2, -0.15) is 0 Å². The standard InChI is InChI=1S/C15H22ClN3O2/c16-12-1-2-14(13(17)9-12)18-15(21)5-8-19-6-3-11(10-20)4-7-19/h1-2,9,11,20H,3-8,10,17H2,(H,18,21). The van der Waals surface area contributed by atoms with Crippen molar-refractivity contribution in [2.24, 2.45) is 5.92 Å². The van der Waals surface area contributed by atoms with Gasteiger partial charge in [0.2, 0.25) is 5.91 Å². The fraction of sp³-hybridized carbons (Fsp3) is 0.533. The zero-order valence-corrected chi connectivity index (χ0v) is 12.8. The summed E-state index contributed by atoms with van der Waals surface area (Å²) in [6, 6.07) is 5.03. The fourth-order valence-corrected chi connectivity index (χ4v) is 2.69. The largest absolute Gasteiger partial charge is 0.397 e. The van der Waals surface area contributed by atoms with Crippen molar-refractivity contribution in [2.75, 3.05) is 37.3 Å². The second-order valence-electron chi connectivity index (χ2n) is 5.50. The van der Waals surface area contributed by atoms with Gasteiger partial charge in [0.25, 0.3) is 0 Å². The number of nitrogens with zero attached hydrogens (tertiary/aromatic N) is 1. The van der Waals surface area contributed by atoms with Crippen LogP contribution in [0, 0.1) is 5.92 Å². The molecule has 0 saturated carbocycles. The van der Waals surface area contributed by atoms with Gasteiger partial charge in [0.15, 0.2) is 0 Å². The van der Waals surface area contributed by atoms with Crippen LogP contribution in [0.15, 0.2) is 18.2 Å². The third-order valence-electron chi connectivity index (χ3n) is 3.91. The Labute approximate surface area is 130 Å². The number of carbonyl (C=O) groups is 1. The number of halogens is 1. The van der Waals surface area contributed by atoms with Gasteiger partial charge in [-0.3, -0.25) is 4.79 Å². The van der Waals surface area contributed by atoms with E-state index in [1.54, 1.807) is 18.2 Å². The molecule has 0 radical (unpaired) electrons. The zero-order chi connectivity index (χ0) is 15.2. The number of hydrogen-bond donors (Lipinski definition) is 3. The molecule has 4 N–H and O–H groups in total. The van der Waals surface area contributed by atoms with Gasteiger partial charge in [-0.05, 0) is 50.0 Å². The summed E-state index contributed by atoms with van der Waals surface area (Å²) in [6.07, 6.45) is 2.44. The van der Waals surface area contributed by atoms with Crippen LogP contribution in [0.4, 0.5) is 11.4 Å². The number of nitrogen functional groups attached to an aromatic ring is 1. The molecule has 0 aliphatic carbocycles. The Morgan fingerprint density at radius 3 is 2.76 bits per heavy atom. The maximum Gasteiger partial charge on any atom is 0.225 e. The van der Waals surface area contributed by atoms with Crippen molar-refractivity contribution >= 4 is 28.9 Å². The minimum atomic E-state index is -0.0479. The Morgan fingerprint density at radius 1 is 1.43 bits per heavy atom. The maximum absolute atomic E-state index is 11.9. The van der Waals surface area contributed by atoms with Gasteiger partial charge in [-0.15, -0.1) is 0 Å². The molecule has 116 valence electrons. The van der Waals surface area contributed by atoms with E-state index in [0.717, 1.165) is 32.5 Å². The number of anilines is 2. The number of aliphatic hydroxyl groups excluding tert-OH is 1. The number of nitrogens with two attached hydrogens (primary N) is 1. The van der Waals surface area contributed by atoms with Gasteiger partial charge >= 0.3 is 0 Å². The molecular formula is C15H22ClN3O2. The summed E-state index contributed by atoms with van der Waals surface area (Å²) in [6.45, 7) is 2.89. The highest BCUT2D eigenvalue weighted by Gasteiger charge is 2.18. The molecule has 5 nitrogen and oxygen atoms in total. The Hall–Kier alpha value is -1.30. The van der Waals surface area contributed by atoms with E-state index in [2.05, 4.69) is 10.2 Å². The molecule has 1 heterocycles. The van der Waals surface area contributed by atoms with E-state index in [0.29, 0.717) is 28.7 Å². The topological polar surface area (TPSA) is 78.6 Å². The van der Waals surface area contributed by atoms with E-state index >= 15 is 0 Å². The number of rotatable bonds is 5. The number of carbonyl (C=O) groups excluding carboxylic acids is 1. The van der Waals surface area contributed by atoms with Crippen LogP contribution in [-0.4, -0.2) is 42.2 Å². The van der Waals surface area contributed by atoms with E-state index in [9.17, 15) is 4.79 Å². The van der Waals surface area contributed by atoms with E-state index < -0.39 is 0 Å². The van der Waals surface area contributed by atoms with Crippen LogP contribution in [0.2, 0.25) is 5.02 Å². The van der Waals surface area contributed by atoms with Gasteiger partial charge < -0.3 is 21.1 Å². The van der Waals surface area contributed by atoms with E-state index in [4.69, 9.17) is 22.4 Å². The zero-order valence-electron chi connectivity index (χ0n) is 12.0. The number of likely N-dealkylation sites (tertiary alicyclic amines) is 1. The summed E-state index contributed by atoms with van der Waals surface area (Å²) in [4.78, 5) is 14.2. The van der Waals surface area contributed by atoms with E-state index in [-0.39, 0.29) is 12.5 Å². The van der Waals surface area contributed by atoms with Crippen molar-refractivity contribution in [3.63, 3.8) is 0 Å².